The van der Waals surface area contributed by atoms with Gasteiger partial charge < -0.3 is 5.41 Å². The normalized spacial score (nSPS) is 16.0. The molecule has 0 radical (unpaired) electrons. The number of halogens is 13. The third kappa shape index (κ3) is 4.49. The van der Waals surface area contributed by atoms with Crippen molar-refractivity contribution < 1.29 is 61.9 Å². The Hall–Kier alpha value is -1.57. The summed E-state index contributed by atoms with van der Waals surface area (Å²) in [6.07, 6.45) is -22.2. The summed E-state index contributed by atoms with van der Waals surface area (Å²) in [5.41, 5.74) is -3.27. The Bertz CT molecular complexity index is 497. The van der Waals surface area contributed by atoms with Crippen LogP contribution in [0, 0.1) is 11.3 Å². The van der Waals surface area contributed by atoms with Crippen molar-refractivity contribution in [3.8, 4) is 0 Å². The summed E-state index contributed by atoms with van der Waals surface area (Å²) in [4.78, 5) is 10.8. The van der Waals surface area contributed by atoms with Crippen molar-refractivity contribution in [1.29, 1.82) is 5.41 Å². The van der Waals surface area contributed by atoms with Crippen LogP contribution in [0.2, 0.25) is 0 Å². The Balaban J connectivity index is 5.88. The largest absolute Gasteiger partial charge is 0.460 e. The minimum absolute atomic E-state index is 3.13. The molecule has 1 unspecified atom stereocenters. The average molecular weight is 389 g/mol. The van der Waals surface area contributed by atoms with Crippen LogP contribution in [0.5, 0.6) is 0 Å². The fraction of sp³-hybridized carbons (Fsp3) is 0.778. The van der Waals surface area contributed by atoms with Crippen LogP contribution >= 0.6 is 0 Å². The van der Waals surface area contributed by atoms with Crippen LogP contribution in [0.25, 0.3) is 0 Å². The minimum Gasteiger partial charge on any atom is -0.301 e. The van der Waals surface area contributed by atoms with E-state index < -0.39 is 54.2 Å². The van der Waals surface area contributed by atoms with Gasteiger partial charge in [0.2, 0.25) is 0 Å². The van der Waals surface area contributed by atoms with Crippen molar-refractivity contribution in [3.63, 3.8) is 0 Å². The van der Waals surface area contributed by atoms with Crippen molar-refractivity contribution in [2.45, 2.75) is 36.8 Å². The van der Waals surface area contributed by atoms with Crippen LogP contribution < -0.4 is 0 Å². The molecule has 0 heterocycles. The zero-order chi connectivity index (χ0) is 19.9. The SMILES string of the molecule is N=C(C(=O)C(F)(F)C(F)(F)C(F)(F)F)C(CC(F)(F)F)C(F)(F)F. The molecule has 0 fully saturated rings. The summed E-state index contributed by atoms with van der Waals surface area (Å²) in [5.74, 6) is -22.5. The molecule has 1 N–H and O–H groups in total. The van der Waals surface area contributed by atoms with E-state index in [-0.39, 0.29) is 0 Å². The smallest absolute Gasteiger partial charge is 0.301 e. The van der Waals surface area contributed by atoms with Gasteiger partial charge in [0.25, 0.3) is 5.78 Å². The molecule has 0 saturated carbocycles. The van der Waals surface area contributed by atoms with Crippen molar-refractivity contribution in [1.82, 2.24) is 0 Å². The summed E-state index contributed by atoms with van der Waals surface area (Å²) in [7, 11) is 0. The predicted molar refractivity (Wildman–Crippen MR) is 48.9 cm³/mol. The number of Topliss-reactive ketones (excluding diaryl/α,β-unsaturated/α-hetero) is 1. The van der Waals surface area contributed by atoms with Crippen LogP contribution in [0.15, 0.2) is 0 Å². The highest BCUT2D eigenvalue weighted by Gasteiger charge is 2.77. The highest BCUT2D eigenvalue weighted by Crippen LogP contribution is 2.48. The molecule has 0 aliphatic carbocycles. The van der Waals surface area contributed by atoms with Gasteiger partial charge >= 0.3 is 30.4 Å². The molecule has 0 amide bonds. The van der Waals surface area contributed by atoms with Gasteiger partial charge in [-0.2, -0.15) is 57.1 Å². The number of hydrogen-bond acceptors (Lipinski definition) is 2. The third-order valence-electron chi connectivity index (χ3n) is 2.46. The number of nitrogens with one attached hydrogen (secondary N) is 1. The maximum Gasteiger partial charge on any atom is 0.460 e. The van der Waals surface area contributed by atoms with Gasteiger partial charge in [-0.25, -0.2) is 0 Å². The van der Waals surface area contributed by atoms with Crippen LogP contribution in [-0.2, 0) is 4.79 Å². The fourth-order valence-electron chi connectivity index (χ4n) is 1.26. The number of rotatable bonds is 5. The molecule has 142 valence electrons. The second kappa shape index (κ2) is 6.06. The van der Waals surface area contributed by atoms with Crippen LogP contribution in [-0.4, -0.2) is 41.9 Å². The second-order valence-corrected chi connectivity index (χ2v) is 4.30. The molecule has 15 heteroatoms. The molecular weight excluding hydrogens is 385 g/mol. The molecule has 0 aromatic rings. The number of hydrogen-bond donors (Lipinski definition) is 1. The number of carbonyl (C=O) groups is 1. The molecule has 0 aromatic heterocycles. The maximum absolute atomic E-state index is 12.9. The second-order valence-electron chi connectivity index (χ2n) is 4.30. The Kier molecular flexibility index (Phi) is 5.66. The van der Waals surface area contributed by atoms with E-state index in [0.717, 1.165) is 0 Å². The Morgan fingerprint density at radius 1 is 0.792 bits per heavy atom. The van der Waals surface area contributed by atoms with Gasteiger partial charge in [0, 0.05) is 0 Å². The van der Waals surface area contributed by atoms with E-state index in [0.29, 0.717) is 0 Å². The van der Waals surface area contributed by atoms with Crippen LogP contribution in [0.4, 0.5) is 57.1 Å². The number of carbonyl (C=O) groups excluding carboxylic acids is 1. The number of ketones is 1. The quantitative estimate of drug-likeness (QED) is 0.545. The zero-order valence-corrected chi connectivity index (χ0v) is 10.6. The summed E-state index contributed by atoms with van der Waals surface area (Å²) < 4.78 is 159. The van der Waals surface area contributed by atoms with Gasteiger partial charge in [-0.05, 0) is 0 Å². The fourth-order valence-corrected chi connectivity index (χ4v) is 1.26. The molecule has 0 saturated heterocycles. The van der Waals surface area contributed by atoms with Crippen LogP contribution in [0.1, 0.15) is 6.42 Å². The standard InChI is InChI=1S/C9H4F13NO/c10-5(11,12)1-2(7(15,16)17)3(23)4(24)6(13,14)8(18,19)9(20,21)22/h2,23H,1H2. The van der Waals surface area contributed by atoms with Gasteiger partial charge in [-0.1, -0.05) is 0 Å². The first kappa shape index (κ1) is 22.4. The lowest BCUT2D eigenvalue weighted by molar-refractivity contribution is -0.342. The van der Waals surface area contributed by atoms with E-state index in [2.05, 4.69) is 0 Å². The van der Waals surface area contributed by atoms with E-state index in [1.165, 1.54) is 0 Å². The Morgan fingerprint density at radius 3 is 1.42 bits per heavy atom. The van der Waals surface area contributed by atoms with Crippen LogP contribution in [0.3, 0.4) is 0 Å². The highest BCUT2D eigenvalue weighted by atomic mass is 19.4. The average Bonchev–Trinajstić information content (AvgIpc) is 2.30. The van der Waals surface area contributed by atoms with Gasteiger partial charge in [-0.3, -0.25) is 4.79 Å². The van der Waals surface area contributed by atoms with E-state index in [4.69, 9.17) is 5.41 Å². The Morgan fingerprint density at radius 2 is 1.17 bits per heavy atom. The third-order valence-corrected chi connectivity index (χ3v) is 2.46. The lowest BCUT2D eigenvalue weighted by Gasteiger charge is -2.29. The minimum atomic E-state index is -7.20. The highest BCUT2D eigenvalue weighted by molar-refractivity contribution is 6.42. The van der Waals surface area contributed by atoms with Crippen molar-refractivity contribution in [2.24, 2.45) is 5.92 Å². The first-order chi connectivity index (χ1) is 10.2. The molecule has 0 aliphatic heterocycles. The number of alkyl halides is 13. The maximum atomic E-state index is 12.9. The van der Waals surface area contributed by atoms with E-state index in [1.807, 2.05) is 0 Å². The van der Waals surface area contributed by atoms with Crippen molar-refractivity contribution >= 4 is 11.5 Å². The lowest BCUT2D eigenvalue weighted by atomic mass is 9.90. The van der Waals surface area contributed by atoms with Crippen molar-refractivity contribution in [3.05, 3.63) is 0 Å². The van der Waals surface area contributed by atoms with E-state index in [1.54, 1.807) is 0 Å². The van der Waals surface area contributed by atoms with E-state index >= 15 is 0 Å². The molecule has 0 spiro atoms. The van der Waals surface area contributed by atoms with Gasteiger partial charge in [0.1, 0.15) is 5.92 Å². The molecule has 0 aromatic carbocycles. The molecule has 2 nitrogen and oxygen atoms in total. The summed E-state index contributed by atoms with van der Waals surface area (Å²) in [5, 5.41) is 6.38. The Labute approximate surface area is 123 Å². The first-order valence-corrected chi connectivity index (χ1v) is 5.25. The van der Waals surface area contributed by atoms with Crippen molar-refractivity contribution in [2.75, 3.05) is 0 Å². The molecule has 1 atom stereocenters. The molecule has 24 heavy (non-hydrogen) atoms. The van der Waals surface area contributed by atoms with Gasteiger partial charge in [-0.15, -0.1) is 0 Å². The summed E-state index contributed by atoms with van der Waals surface area (Å²) >= 11 is 0. The van der Waals surface area contributed by atoms with E-state index in [9.17, 15) is 61.9 Å². The summed E-state index contributed by atoms with van der Waals surface area (Å²) in [6, 6.07) is 0. The van der Waals surface area contributed by atoms with Gasteiger partial charge in [0.15, 0.2) is 0 Å². The zero-order valence-electron chi connectivity index (χ0n) is 10.6. The topological polar surface area (TPSA) is 40.9 Å². The molecule has 0 rings (SSSR count). The monoisotopic (exact) mass is 389 g/mol. The summed E-state index contributed by atoms with van der Waals surface area (Å²) in [6.45, 7) is 0. The molecular formula is C9H4F13NO. The lowest BCUT2D eigenvalue weighted by Crippen LogP contribution is -2.59. The molecule has 0 bridgehead atoms. The van der Waals surface area contributed by atoms with Gasteiger partial charge in [0.05, 0.1) is 12.1 Å². The predicted octanol–water partition coefficient (Wildman–Crippen LogP) is 4.54. The first-order valence-electron chi connectivity index (χ1n) is 5.25. The molecule has 0 aliphatic rings.